The Labute approximate surface area is 174 Å². The van der Waals surface area contributed by atoms with Crippen LogP contribution >= 0.6 is 0 Å². The molecule has 3 amide bonds. The Morgan fingerprint density at radius 3 is 2.03 bits per heavy atom. The molecule has 5 aliphatic carbocycles. The van der Waals surface area contributed by atoms with E-state index in [-0.39, 0.29) is 59.2 Å². The Hall–Kier alpha value is -2.50. The van der Waals surface area contributed by atoms with E-state index in [2.05, 4.69) is 17.5 Å². The Bertz CT molecular complexity index is 914. The molecule has 3 saturated carbocycles. The van der Waals surface area contributed by atoms with Crippen LogP contribution in [0.2, 0.25) is 0 Å². The van der Waals surface area contributed by atoms with Gasteiger partial charge in [-0.05, 0) is 80.0 Å². The standard InChI is InChI=1S/C24H25FN2O3/c25-13-3-5-14(6-4-13)26-22(28)12-1-7-15(8-2-12)27-23(29)20-16-9-10-17(19-11-18(16)19)21(20)24(27)30/h3-6,9-10,12,15-21H,1-2,7-8,11H2,(H,26,28)/t12?,15?,16-,17-,18-,19-,20+,21+/m1/s1. The van der Waals surface area contributed by atoms with E-state index in [1.165, 1.54) is 18.6 Å². The van der Waals surface area contributed by atoms with Gasteiger partial charge in [0.15, 0.2) is 0 Å². The zero-order valence-corrected chi connectivity index (χ0v) is 16.7. The Balaban J connectivity index is 1.11. The van der Waals surface area contributed by atoms with E-state index in [1.807, 2.05) is 0 Å². The number of hydrogen-bond donors (Lipinski definition) is 1. The average Bonchev–Trinajstić information content (AvgIpc) is 3.53. The van der Waals surface area contributed by atoms with E-state index >= 15 is 0 Å². The molecule has 0 radical (unpaired) electrons. The minimum atomic E-state index is -0.338. The average molecular weight is 408 g/mol. The SMILES string of the molecule is O=C(Nc1ccc(F)cc1)C1CCC(N2C(=O)[C@H]3[C@@H]4C=C[C@H]([C@H]5C[C@H]45)[C@@H]3C2=O)CC1. The molecule has 156 valence electrons. The van der Waals surface area contributed by atoms with Crippen molar-refractivity contribution in [1.82, 2.24) is 4.90 Å². The van der Waals surface area contributed by atoms with Crippen molar-refractivity contribution in [3.8, 4) is 0 Å². The Morgan fingerprint density at radius 1 is 0.900 bits per heavy atom. The lowest BCUT2D eigenvalue weighted by Crippen LogP contribution is -2.44. The molecule has 6 heteroatoms. The van der Waals surface area contributed by atoms with Crippen molar-refractivity contribution in [1.29, 1.82) is 0 Å². The molecule has 0 unspecified atom stereocenters. The van der Waals surface area contributed by atoms with Crippen LogP contribution in [0.3, 0.4) is 0 Å². The number of imide groups is 1. The first-order chi connectivity index (χ1) is 14.5. The maximum absolute atomic E-state index is 13.2. The molecule has 1 aromatic carbocycles. The zero-order chi connectivity index (χ0) is 20.6. The second-order valence-electron chi connectivity index (χ2n) is 9.70. The number of allylic oxidation sites excluding steroid dienone is 2. The molecular weight excluding hydrogens is 383 g/mol. The second-order valence-corrected chi connectivity index (χ2v) is 9.70. The van der Waals surface area contributed by atoms with Crippen LogP contribution in [0.25, 0.3) is 0 Å². The normalized spacial score (nSPS) is 40.9. The van der Waals surface area contributed by atoms with Crippen LogP contribution in [0, 0.1) is 47.2 Å². The van der Waals surface area contributed by atoms with Crippen molar-refractivity contribution in [2.45, 2.75) is 38.1 Å². The molecule has 1 aromatic rings. The van der Waals surface area contributed by atoms with Gasteiger partial charge in [0.1, 0.15) is 5.82 Å². The molecule has 30 heavy (non-hydrogen) atoms. The van der Waals surface area contributed by atoms with Gasteiger partial charge in [0.25, 0.3) is 0 Å². The third-order valence-corrected chi connectivity index (χ3v) is 8.24. The largest absolute Gasteiger partial charge is 0.326 e. The summed E-state index contributed by atoms with van der Waals surface area (Å²) >= 11 is 0. The summed E-state index contributed by atoms with van der Waals surface area (Å²) in [6, 6.07) is 5.66. The van der Waals surface area contributed by atoms with Crippen molar-refractivity contribution in [3.63, 3.8) is 0 Å². The van der Waals surface area contributed by atoms with Crippen LogP contribution in [0.5, 0.6) is 0 Å². The second kappa shape index (κ2) is 6.50. The predicted octanol–water partition coefficient (Wildman–Crippen LogP) is 3.38. The molecule has 0 spiro atoms. The first-order valence-electron chi connectivity index (χ1n) is 11.1. The summed E-state index contributed by atoms with van der Waals surface area (Å²) in [5.41, 5.74) is 0.582. The molecule has 1 N–H and O–H groups in total. The van der Waals surface area contributed by atoms with Crippen LogP contribution < -0.4 is 5.32 Å². The van der Waals surface area contributed by atoms with Gasteiger partial charge in [-0.25, -0.2) is 4.39 Å². The van der Waals surface area contributed by atoms with Gasteiger partial charge in [-0.2, -0.15) is 0 Å². The molecule has 1 heterocycles. The lowest BCUT2D eigenvalue weighted by Gasteiger charge is -2.37. The van der Waals surface area contributed by atoms with Gasteiger partial charge in [-0.15, -0.1) is 0 Å². The highest BCUT2D eigenvalue weighted by Crippen LogP contribution is 2.65. The van der Waals surface area contributed by atoms with Crippen molar-refractivity contribution >= 4 is 23.4 Å². The lowest BCUT2D eigenvalue weighted by molar-refractivity contribution is -0.144. The van der Waals surface area contributed by atoms with Gasteiger partial charge in [0, 0.05) is 17.6 Å². The molecular formula is C24H25FN2O3. The third-order valence-electron chi connectivity index (χ3n) is 8.24. The topological polar surface area (TPSA) is 66.5 Å². The van der Waals surface area contributed by atoms with Crippen molar-refractivity contribution in [2.75, 3.05) is 5.32 Å². The van der Waals surface area contributed by atoms with Crippen LogP contribution in [-0.2, 0) is 14.4 Å². The van der Waals surface area contributed by atoms with Gasteiger partial charge in [0.05, 0.1) is 11.8 Å². The number of likely N-dealkylation sites (tertiary alicyclic amines) is 1. The van der Waals surface area contributed by atoms with Gasteiger partial charge in [-0.1, -0.05) is 12.2 Å². The number of nitrogens with zero attached hydrogens (tertiary/aromatic N) is 1. The van der Waals surface area contributed by atoms with Crippen molar-refractivity contribution in [3.05, 3.63) is 42.2 Å². The Kier molecular flexibility index (Phi) is 3.96. The van der Waals surface area contributed by atoms with Crippen LogP contribution in [0.1, 0.15) is 32.1 Å². The van der Waals surface area contributed by atoms with Crippen LogP contribution in [0.4, 0.5) is 10.1 Å². The van der Waals surface area contributed by atoms with E-state index in [1.54, 1.807) is 17.0 Å². The summed E-state index contributed by atoms with van der Waals surface area (Å²) in [5, 5.41) is 2.85. The number of anilines is 1. The van der Waals surface area contributed by atoms with Gasteiger partial charge >= 0.3 is 0 Å². The van der Waals surface area contributed by atoms with Crippen molar-refractivity contribution < 1.29 is 18.8 Å². The number of carbonyl (C=O) groups is 3. The highest BCUT2D eigenvalue weighted by Gasteiger charge is 2.67. The number of rotatable bonds is 3. The van der Waals surface area contributed by atoms with E-state index in [0.717, 1.165) is 0 Å². The fraction of sp³-hybridized carbons (Fsp3) is 0.542. The minimum absolute atomic E-state index is 0.0360. The summed E-state index contributed by atoms with van der Waals surface area (Å²) in [6.07, 6.45) is 8.23. The maximum atomic E-state index is 13.2. The summed E-state index contributed by atoms with van der Waals surface area (Å²) in [5.74, 6) is 0.965. The molecule has 5 nitrogen and oxygen atoms in total. The zero-order valence-electron chi connectivity index (χ0n) is 16.7. The van der Waals surface area contributed by atoms with E-state index in [4.69, 9.17) is 0 Å². The lowest BCUT2D eigenvalue weighted by atomic mass is 9.63. The van der Waals surface area contributed by atoms with Gasteiger partial charge in [-0.3, -0.25) is 19.3 Å². The van der Waals surface area contributed by atoms with E-state index in [0.29, 0.717) is 43.2 Å². The van der Waals surface area contributed by atoms with Gasteiger partial charge in [0.2, 0.25) is 17.7 Å². The number of halogens is 1. The summed E-state index contributed by atoms with van der Waals surface area (Å²) in [4.78, 5) is 40.7. The number of amides is 3. The van der Waals surface area contributed by atoms with Crippen LogP contribution in [-0.4, -0.2) is 28.7 Å². The fourth-order valence-electron chi connectivity index (χ4n) is 6.71. The molecule has 1 saturated heterocycles. The number of carbonyl (C=O) groups excluding carboxylic acids is 3. The highest BCUT2D eigenvalue weighted by atomic mass is 19.1. The monoisotopic (exact) mass is 408 g/mol. The third kappa shape index (κ3) is 2.62. The van der Waals surface area contributed by atoms with Crippen molar-refractivity contribution in [2.24, 2.45) is 41.4 Å². The van der Waals surface area contributed by atoms with E-state index < -0.39 is 0 Å². The first kappa shape index (κ1) is 18.3. The molecule has 7 rings (SSSR count). The smallest absolute Gasteiger partial charge is 0.233 e. The molecule has 1 aliphatic heterocycles. The minimum Gasteiger partial charge on any atom is -0.326 e. The first-order valence-corrected chi connectivity index (χ1v) is 11.1. The molecule has 2 bridgehead atoms. The molecule has 4 fully saturated rings. The fourth-order valence-corrected chi connectivity index (χ4v) is 6.71. The number of nitrogens with one attached hydrogen (secondary N) is 1. The summed E-state index contributed by atoms with van der Waals surface area (Å²) in [7, 11) is 0. The maximum Gasteiger partial charge on any atom is 0.233 e. The highest BCUT2D eigenvalue weighted by molar-refractivity contribution is 6.06. The van der Waals surface area contributed by atoms with Crippen LogP contribution in [0.15, 0.2) is 36.4 Å². The number of hydrogen-bond acceptors (Lipinski definition) is 3. The predicted molar refractivity (Wildman–Crippen MR) is 107 cm³/mol. The Morgan fingerprint density at radius 2 is 1.47 bits per heavy atom. The summed E-state index contributed by atoms with van der Waals surface area (Å²) < 4.78 is 13.0. The number of benzene rings is 1. The molecule has 6 atom stereocenters. The van der Waals surface area contributed by atoms with E-state index in [9.17, 15) is 18.8 Å². The quantitative estimate of drug-likeness (QED) is 0.616. The summed E-state index contributed by atoms with van der Waals surface area (Å²) in [6.45, 7) is 0. The molecule has 6 aliphatic rings. The molecule has 0 aromatic heterocycles. The van der Waals surface area contributed by atoms with Gasteiger partial charge < -0.3 is 5.32 Å².